The van der Waals surface area contributed by atoms with Crippen LogP contribution in [0.3, 0.4) is 0 Å². The molecule has 1 atom stereocenters. The minimum atomic E-state index is -3.51. The molecule has 1 saturated carbocycles. The van der Waals surface area contributed by atoms with Crippen LogP contribution in [0, 0.1) is 0 Å². The van der Waals surface area contributed by atoms with Crippen LogP contribution in [0.15, 0.2) is 29.2 Å². The summed E-state index contributed by atoms with van der Waals surface area (Å²) in [4.78, 5) is 24.9. The minimum absolute atomic E-state index is 0.181. The van der Waals surface area contributed by atoms with Gasteiger partial charge in [-0.3, -0.25) is 9.59 Å². The number of hydrogen-bond acceptors (Lipinski definition) is 4. The summed E-state index contributed by atoms with van der Waals surface area (Å²) < 4.78 is 26.7. The molecule has 8 heteroatoms. The van der Waals surface area contributed by atoms with Crippen molar-refractivity contribution in [2.45, 2.75) is 76.3 Å². The van der Waals surface area contributed by atoms with Gasteiger partial charge < -0.3 is 10.6 Å². The first-order valence-electron chi connectivity index (χ1n) is 10.4. The zero-order chi connectivity index (χ0) is 21.7. The average molecular weight is 424 g/mol. The SMILES string of the molecule is CCN(CC)S(=O)(=O)c1ccc(C(C)NC(=O)C2(NC(C)=O)CCCCC2)cc1. The molecule has 0 saturated heterocycles. The summed E-state index contributed by atoms with van der Waals surface area (Å²) in [6.45, 7) is 7.74. The van der Waals surface area contributed by atoms with Gasteiger partial charge in [-0.05, 0) is 37.5 Å². The van der Waals surface area contributed by atoms with Gasteiger partial charge in [0.15, 0.2) is 0 Å². The van der Waals surface area contributed by atoms with Crippen LogP contribution in [-0.4, -0.2) is 43.2 Å². The minimum Gasteiger partial charge on any atom is -0.348 e. The standard InChI is InChI=1S/C21H33N3O4S/c1-5-24(6-2)29(27,28)19-12-10-18(11-13-19)16(3)22-20(26)21(23-17(4)25)14-8-7-9-15-21/h10-13,16H,5-9,14-15H2,1-4H3,(H,22,26)(H,23,25). The molecule has 1 aliphatic rings. The van der Waals surface area contributed by atoms with Gasteiger partial charge in [0, 0.05) is 20.0 Å². The Morgan fingerprint density at radius 1 is 1.07 bits per heavy atom. The third kappa shape index (κ3) is 5.36. The summed E-state index contributed by atoms with van der Waals surface area (Å²) >= 11 is 0. The van der Waals surface area contributed by atoms with E-state index in [0.717, 1.165) is 24.8 Å². The van der Waals surface area contributed by atoms with Crippen molar-refractivity contribution >= 4 is 21.8 Å². The van der Waals surface area contributed by atoms with E-state index in [2.05, 4.69) is 10.6 Å². The van der Waals surface area contributed by atoms with E-state index in [-0.39, 0.29) is 22.8 Å². The second-order valence-corrected chi connectivity index (χ2v) is 9.62. The summed E-state index contributed by atoms with van der Waals surface area (Å²) in [6, 6.07) is 6.31. The number of amides is 2. The van der Waals surface area contributed by atoms with Gasteiger partial charge in [0.2, 0.25) is 21.8 Å². The Morgan fingerprint density at radius 3 is 2.10 bits per heavy atom. The Bertz CT molecular complexity index is 811. The van der Waals surface area contributed by atoms with Crippen molar-refractivity contribution in [3.8, 4) is 0 Å². The van der Waals surface area contributed by atoms with Gasteiger partial charge in [0.25, 0.3) is 0 Å². The molecule has 1 fully saturated rings. The van der Waals surface area contributed by atoms with Crippen LogP contribution < -0.4 is 10.6 Å². The van der Waals surface area contributed by atoms with Crippen molar-refractivity contribution in [3.05, 3.63) is 29.8 Å². The van der Waals surface area contributed by atoms with Gasteiger partial charge in [-0.1, -0.05) is 45.2 Å². The lowest BCUT2D eigenvalue weighted by atomic mass is 9.80. The van der Waals surface area contributed by atoms with Gasteiger partial charge in [-0.25, -0.2) is 8.42 Å². The van der Waals surface area contributed by atoms with E-state index in [1.165, 1.54) is 11.2 Å². The summed E-state index contributed by atoms with van der Waals surface area (Å²) in [7, 11) is -3.51. The largest absolute Gasteiger partial charge is 0.348 e. The van der Waals surface area contributed by atoms with E-state index in [1.54, 1.807) is 24.3 Å². The lowest BCUT2D eigenvalue weighted by Crippen LogP contribution is -2.59. The Hall–Kier alpha value is -1.93. The molecule has 0 bridgehead atoms. The van der Waals surface area contributed by atoms with Gasteiger partial charge >= 0.3 is 0 Å². The molecule has 1 unspecified atom stereocenters. The topological polar surface area (TPSA) is 95.6 Å². The molecule has 29 heavy (non-hydrogen) atoms. The maximum atomic E-state index is 13.0. The summed E-state index contributed by atoms with van der Waals surface area (Å²) in [5.41, 5.74) is -0.0460. The molecule has 2 amide bonds. The number of hydrogen-bond donors (Lipinski definition) is 2. The highest BCUT2D eigenvalue weighted by molar-refractivity contribution is 7.89. The molecule has 0 radical (unpaired) electrons. The third-order valence-corrected chi connectivity index (χ3v) is 7.69. The number of carbonyl (C=O) groups is 2. The fourth-order valence-corrected chi connectivity index (χ4v) is 5.42. The molecule has 0 heterocycles. The normalized spacial score (nSPS) is 17.6. The zero-order valence-electron chi connectivity index (χ0n) is 17.8. The monoisotopic (exact) mass is 423 g/mol. The van der Waals surface area contributed by atoms with Crippen LogP contribution in [0.25, 0.3) is 0 Å². The maximum Gasteiger partial charge on any atom is 0.246 e. The van der Waals surface area contributed by atoms with Crippen molar-refractivity contribution in [3.63, 3.8) is 0 Å². The van der Waals surface area contributed by atoms with E-state index in [1.807, 2.05) is 20.8 Å². The summed E-state index contributed by atoms with van der Waals surface area (Å²) in [5, 5.41) is 5.87. The summed E-state index contributed by atoms with van der Waals surface area (Å²) in [5.74, 6) is -0.389. The molecule has 1 aromatic rings. The molecule has 7 nitrogen and oxygen atoms in total. The molecular formula is C21H33N3O4S. The molecule has 0 aromatic heterocycles. The van der Waals surface area contributed by atoms with Crippen LogP contribution in [0.1, 0.15) is 71.4 Å². The lowest BCUT2D eigenvalue weighted by Gasteiger charge is -2.37. The molecule has 2 N–H and O–H groups in total. The highest BCUT2D eigenvalue weighted by Crippen LogP contribution is 2.29. The van der Waals surface area contributed by atoms with Crippen LogP contribution >= 0.6 is 0 Å². The van der Waals surface area contributed by atoms with Crippen LogP contribution in [0.4, 0.5) is 0 Å². The molecule has 162 valence electrons. The van der Waals surface area contributed by atoms with E-state index in [9.17, 15) is 18.0 Å². The number of nitrogens with zero attached hydrogens (tertiary/aromatic N) is 1. The lowest BCUT2D eigenvalue weighted by molar-refractivity contribution is -0.134. The van der Waals surface area contributed by atoms with E-state index >= 15 is 0 Å². The van der Waals surface area contributed by atoms with Crippen LogP contribution in [-0.2, 0) is 19.6 Å². The quantitative estimate of drug-likeness (QED) is 0.672. The Balaban J connectivity index is 2.15. The highest BCUT2D eigenvalue weighted by Gasteiger charge is 2.40. The van der Waals surface area contributed by atoms with Crippen molar-refractivity contribution in [1.29, 1.82) is 0 Å². The van der Waals surface area contributed by atoms with Crippen molar-refractivity contribution in [2.75, 3.05) is 13.1 Å². The van der Waals surface area contributed by atoms with Gasteiger partial charge in [-0.15, -0.1) is 0 Å². The highest BCUT2D eigenvalue weighted by atomic mass is 32.2. The molecule has 0 aliphatic heterocycles. The van der Waals surface area contributed by atoms with Crippen molar-refractivity contribution in [1.82, 2.24) is 14.9 Å². The zero-order valence-corrected chi connectivity index (χ0v) is 18.6. The predicted octanol–water partition coefficient (Wildman–Crippen LogP) is 2.73. The first-order chi connectivity index (χ1) is 13.7. The molecule has 1 aliphatic carbocycles. The third-order valence-electron chi connectivity index (χ3n) is 5.63. The van der Waals surface area contributed by atoms with Crippen LogP contribution in [0.2, 0.25) is 0 Å². The second kappa shape index (κ2) is 9.71. The van der Waals surface area contributed by atoms with E-state index in [4.69, 9.17) is 0 Å². The van der Waals surface area contributed by atoms with E-state index < -0.39 is 15.6 Å². The van der Waals surface area contributed by atoms with E-state index in [0.29, 0.717) is 25.9 Å². The number of sulfonamides is 1. The van der Waals surface area contributed by atoms with Crippen LogP contribution in [0.5, 0.6) is 0 Å². The Labute approximate surface area is 174 Å². The summed E-state index contributed by atoms with van der Waals surface area (Å²) in [6.07, 6.45) is 4.13. The Morgan fingerprint density at radius 2 is 1.62 bits per heavy atom. The van der Waals surface area contributed by atoms with Crippen molar-refractivity contribution in [2.24, 2.45) is 0 Å². The number of nitrogens with one attached hydrogen (secondary N) is 2. The second-order valence-electron chi connectivity index (χ2n) is 7.68. The van der Waals surface area contributed by atoms with Gasteiger partial charge in [0.05, 0.1) is 10.9 Å². The number of benzene rings is 1. The average Bonchev–Trinajstić information content (AvgIpc) is 2.69. The van der Waals surface area contributed by atoms with Gasteiger partial charge in [0.1, 0.15) is 5.54 Å². The molecule has 2 rings (SSSR count). The first kappa shape index (κ1) is 23.3. The molecule has 1 aromatic carbocycles. The fourth-order valence-electron chi connectivity index (χ4n) is 3.96. The fraction of sp³-hybridized carbons (Fsp3) is 0.619. The maximum absolute atomic E-state index is 13.0. The predicted molar refractivity (Wildman–Crippen MR) is 113 cm³/mol. The smallest absolute Gasteiger partial charge is 0.246 e. The Kier molecular flexibility index (Phi) is 7.82. The number of carbonyl (C=O) groups excluding carboxylic acids is 2. The molecular weight excluding hydrogens is 390 g/mol. The first-order valence-corrected chi connectivity index (χ1v) is 11.8. The van der Waals surface area contributed by atoms with Gasteiger partial charge in [-0.2, -0.15) is 4.31 Å². The number of rotatable bonds is 8. The van der Waals surface area contributed by atoms with Crippen molar-refractivity contribution < 1.29 is 18.0 Å². The molecule has 0 spiro atoms.